The Hall–Kier alpha value is -3.99. The summed E-state index contributed by atoms with van der Waals surface area (Å²) in [5.74, 6) is -0.552. The molecule has 0 spiro atoms. The van der Waals surface area contributed by atoms with Crippen molar-refractivity contribution in [1.29, 1.82) is 0 Å². The number of hydrogen-bond donors (Lipinski definition) is 1. The number of nitrogens with zero attached hydrogens (tertiary/aromatic N) is 2. The van der Waals surface area contributed by atoms with E-state index in [9.17, 15) is 9.18 Å². The van der Waals surface area contributed by atoms with Crippen molar-refractivity contribution in [2.75, 3.05) is 5.32 Å². The summed E-state index contributed by atoms with van der Waals surface area (Å²) in [6.45, 7) is 0. The molecule has 3 aromatic carbocycles. The summed E-state index contributed by atoms with van der Waals surface area (Å²) in [7, 11) is 0. The molecule has 0 saturated carbocycles. The fraction of sp³-hybridized carbons (Fsp3) is 0. The second-order valence-corrected chi connectivity index (χ2v) is 6.41. The van der Waals surface area contributed by atoms with Crippen molar-refractivity contribution >= 4 is 17.7 Å². The Morgan fingerprint density at radius 1 is 0.897 bits per heavy atom. The van der Waals surface area contributed by atoms with Gasteiger partial charge in [-0.3, -0.25) is 4.79 Å². The molecule has 1 aromatic heterocycles. The maximum atomic E-state index is 13.3. The molecular formula is C24H18FN3O. The number of carbonyl (C=O) groups excluding carboxylic acids is 1. The van der Waals surface area contributed by atoms with Crippen LogP contribution >= 0.6 is 0 Å². The molecule has 0 bridgehead atoms. The average Bonchev–Trinajstić information content (AvgIpc) is 3.18. The molecule has 0 fully saturated rings. The van der Waals surface area contributed by atoms with Gasteiger partial charge < -0.3 is 5.32 Å². The van der Waals surface area contributed by atoms with Crippen molar-refractivity contribution in [3.63, 3.8) is 0 Å². The van der Waals surface area contributed by atoms with Gasteiger partial charge >= 0.3 is 0 Å². The van der Waals surface area contributed by atoms with E-state index in [4.69, 9.17) is 0 Å². The van der Waals surface area contributed by atoms with Gasteiger partial charge in [0.2, 0.25) is 5.91 Å². The Morgan fingerprint density at radius 3 is 2.24 bits per heavy atom. The highest BCUT2D eigenvalue weighted by atomic mass is 19.1. The zero-order chi connectivity index (χ0) is 20.1. The first kappa shape index (κ1) is 18.4. The smallest absolute Gasteiger partial charge is 0.248 e. The lowest BCUT2D eigenvalue weighted by Gasteiger charge is -2.01. The molecule has 0 aliphatic rings. The highest BCUT2D eigenvalue weighted by Crippen LogP contribution is 2.25. The van der Waals surface area contributed by atoms with Crippen LogP contribution in [0.4, 0.5) is 10.1 Å². The van der Waals surface area contributed by atoms with Crippen molar-refractivity contribution in [3.05, 3.63) is 109 Å². The number of amides is 1. The predicted octanol–water partition coefficient (Wildman–Crippen LogP) is 5.33. The SMILES string of the molecule is O=C(/C=C/c1cn(-c2ccccc2)nc1-c1ccc(F)cc1)Nc1ccccc1. The van der Waals surface area contributed by atoms with E-state index in [0.717, 1.165) is 22.5 Å². The summed E-state index contributed by atoms with van der Waals surface area (Å²) < 4.78 is 15.1. The Kier molecular flexibility index (Phi) is 5.29. The molecule has 142 valence electrons. The molecule has 4 nitrogen and oxygen atoms in total. The molecule has 29 heavy (non-hydrogen) atoms. The maximum absolute atomic E-state index is 13.3. The monoisotopic (exact) mass is 383 g/mol. The third-order valence-electron chi connectivity index (χ3n) is 4.34. The molecule has 4 rings (SSSR count). The highest BCUT2D eigenvalue weighted by Gasteiger charge is 2.11. The fourth-order valence-electron chi connectivity index (χ4n) is 2.93. The molecule has 1 heterocycles. The van der Waals surface area contributed by atoms with Crippen molar-refractivity contribution in [3.8, 4) is 16.9 Å². The summed E-state index contributed by atoms with van der Waals surface area (Å²) in [5, 5.41) is 7.47. The average molecular weight is 383 g/mol. The van der Waals surface area contributed by atoms with Crippen LogP contribution in [0.3, 0.4) is 0 Å². The Labute approximate surface area is 167 Å². The van der Waals surface area contributed by atoms with Crippen molar-refractivity contribution in [2.24, 2.45) is 0 Å². The number of nitrogens with one attached hydrogen (secondary N) is 1. The molecule has 4 aromatic rings. The fourth-order valence-corrected chi connectivity index (χ4v) is 2.93. The summed E-state index contributed by atoms with van der Waals surface area (Å²) in [6, 6.07) is 25.1. The van der Waals surface area contributed by atoms with Crippen molar-refractivity contribution in [1.82, 2.24) is 9.78 Å². The minimum atomic E-state index is -0.310. The topological polar surface area (TPSA) is 46.9 Å². The normalized spacial score (nSPS) is 10.9. The molecule has 0 saturated heterocycles. The number of rotatable bonds is 5. The van der Waals surface area contributed by atoms with Gasteiger partial charge in [0.05, 0.1) is 11.4 Å². The molecule has 0 atom stereocenters. The van der Waals surface area contributed by atoms with Gasteiger partial charge in [0.25, 0.3) is 0 Å². The second-order valence-electron chi connectivity index (χ2n) is 6.41. The predicted molar refractivity (Wildman–Crippen MR) is 113 cm³/mol. The van der Waals surface area contributed by atoms with Gasteiger partial charge in [-0.15, -0.1) is 0 Å². The number of halogens is 1. The molecule has 1 N–H and O–H groups in total. The first-order chi connectivity index (χ1) is 14.2. The number of anilines is 1. The van der Waals surface area contributed by atoms with E-state index in [0.29, 0.717) is 5.69 Å². The lowest BCUT2D eigenvalue weighted by atomic mass is 10.1. The zero-order valence-corrected chi connectivity index (χ0v) is 15.5. The molecular weight excluding hydrogens is 365 g/mol. The number of carbonyl (C=O) groups is 1. The summed E-state index contributed by atoms with van der Waals surface area (Å²) in [6.07, 6.45) is 5.02. The van der Waals surface area contributed by atoms with Crippen LogP contribution in [0.25, 0.3) is 23.0 Å². The molecule has 5 heteroatoms. The van der Waals surface area contributed by atoms with Crippen molar-refractivity contribution in [2.45, 2.75) is 0 Å². The number of hydrogen-bond acceptors (Lipinski definition) is 2. The first-order valence-corrected chi connectivity index (χ1v) is 9.14. The van der Waals surface area contributed by atoms with Crippen LogP contribution in [0.5, 0.6) is 0 Å². The molecule has 0 unspecified atom stereocenters. The van der Waals surface area contributed by atoms with Crippen LogP contribution in [0.15, 0.2) is 97.2 Å². The number of benzene rings is 3. The summed E-state index contributed by atoms with van der Waals surface area (Å²) in [5.41, 5.74) is 3.80. The third kappa shape index (κ3) is 4.47. The van der Waals surface area contributed by atoms with Gasteiger partial charge in [-0.25, -0.2) is 9.07 Å². The van der Waals surface area contributed by atoms with E-state index < -0.39 is 0 Å². The lowest BCUT2D eigenvalue weighted by molar-refractivity contribution is -0.111. The van der Waals surface area contributed by atoms with Crippen LogP contribution in [0.1, 0.15) is 5.56 Å². The largest absolute Gasteiger partial charge is 0.323 e. The van der Waals surface area contributed by atoms with Crippen LogP contribution < -0.4 is 5.32 Å². The van der Waals surface area contributed by atoms with E-state index in [2.05, 4.69) is 10.4 Å². The lowest BCUT2D eigenvalue weighted by Crippen LogP contribution is -2.07. The van der Waals surface area contributed by atoms with E-state index in [1.54, 1.807) is 22.9 Å². The summed E-state index contributed by atoms with van der Waals surface area (Å²) in [4.78, 5) is 12.3. The minimum absolute atomic E-state index is 0.242. The molecule has 0 radical (unpaired) electrons. The van der Waals surface area contributed by atoms with E-state index in [1.165, 1.54) is 18.2 Å². The highest BCUT2D eigenvalue weighted by molar-refractivity contribution is 6.02. The minimum Gasteiger partial charge on any atom is -0.323 e. The maximum Gasteiger partial charge on any atom is 0.248 e. The standard InChI is InChI=1S/C24H18FN3O/c25-20-14-11-18(12-15-20)24-19(17-28(27-24)22-9-5-2-6-10-22)13-16-23(29)26-21-7-3-1-4-8-21/h1-17H,(H,26,29)/b16-13+. The Balaban J connectivity index is 1.66. The van der Waals surface area contributed by atoms with Crippen LogP contribution in [-0.4, -0.2) is 15.7 Å². The van der Waals surface area contributed by atoms with Crippen molar-refractivity contribution < 1.29 is 9.18 Å². The van der Waals surface area contributed by atoms with Gasteiger partial charge in [-0.05, 0) is 54.6 Å². The van der Waals surface area contributed by atoms with E-state index in [-0.39, 0.29) is 11.7 Å². The number of para-hydroxylation sites is 2. The quantitative estimate of drug-likeness (QED) is 0.474. The molecule has 0 aliphatic carbocycles. The first-order valence-electron chi connectivity index (χ1n) is 9.14. The molecule has 0 aliphatic heterocycles. The summed E-state index contributed by atoms with van der Waals surface area (Å²) >= 11 is 0. The van der Waals surface area contributed by atoms with Gasteiger partial charge in [0, 0.05) is 29.1 Å². The third-order valence-corrected chi connectivity index (χ3v) is 4.34. The van der Waals surface area contributed by atoms with E-state index in [1.807, 2.05) is 66.9 Å². The Bertz CT molecular complexity index is 1130. The van der Waals surface area contributed by atoms with E-state index >= 15 is 0 Å². The second kappa shape index (κ2) is 8.35. The van der Waals surface area contributed by atoms with Gasteiger partial charge in [0.15, 0.2) is 0 Å². The van der Waals surface area contributed by atoms with Gasteiger partial charge in [-0.2, -0.15) is 5.10 Å². The molecule has 1 amide bonds. The zero-order valence-electron chi connectivity index (χ0n) is 15.5. The number of aromatic nitrogens is 2. The van der Waals surface area contributed by atoms with Crippen LogP contribution in [0, 0.1) is 5.82 Å². The Morgan fingerprint density at radius 2 is 1.55 bits per heavy atom. The van der Waals surface area contributed by atoms with Crippen LogP contribution in [0.2, 0.25) is 0 Å². The van der Waals surface area contributed by atoms with Gasteiger partial charge in [-0.1, -0.05) is 36.4 Å². The van der Waals surface area contributed by atoms with Gasteiger partial charge in [0.1, 0.15) is 5.82 Å². The van der Waals surface area contributed by atoms with Crippen LogP contribution in [-0.2, 0) is 4.79 Å².